The molecule has 0 aliphatic carbocycles. The standard InChI is InChI=1S/C12H18N2O6/c1-14(2)7-9(12(17)20-5)13-6-8(10(15)18-3)11(16)19-4/h6-7,13H,1-5H3/b9-7+. The smallest absolute Gasteiger partial charge is 0.355 e. The van der Waals surface area contributed by atoms with Crippen LogP contribution in [0.3, 0.4) is 0 Å². The van der Waals surface area contributed by atoms with E-state index in [1.165, 1.54) is 13.3 Å². The molecule has 0 saturated heterocycles. The summed E-state index contributed by atoms with van der Waals surface area (Å²) in [5.41, 5.74) is -0.355. The molecule has 0 radical (unpaired) electrons. The van der Waals surface area contributed by atoms with E-state index >= 15 is 0 Å². The highest BCUT2D eigenvalue weighted by Crippen LogP contribution is 2.02. The van der Waals surface area contributed by atoms with Gasteiger partial charge in [0.05, 0.1) is 21.3 Å². The number of hydrogen-bond acceptors (Lipinski definition) is 8. The predicted molar refractivity (Wildman–Crippen MR) is 69.0 cm³/mol. The predicted octanol–water partition coefficient (Wildman–Crippen LogP) is -0.618. The Balaban J connectivity index is 5.28. The Bertz CT molecular complexity index is 421. The highest BCUT2D eigenvalue weighted by Gasteiger charge is 2.20. The number of nitrogens with one attached hydrogen (secondary N) is 1. The molecule has 0 aromatic carbocycles. The summed E-state index contributed by atoms with van der Waals surface area (Å²) in [6.45, 7) is 0. The molecule has 0 unspecified atom stereocenters. The van der Waals surface area contributed by atoms with Crippen molar-refractivity contribution in [2.75, 3.05) is 35.4 Å². The van der Waals surface area contributed by atoms with Crippen molar-refractivity contribution in [2.24, 2.45) is 0 Å². The van der Waals surface area contributed by atoms with Gasteiger partial charge in [-0.15, -0.1) is 0 Å². The number of carbonyl (C=O) groups is 3. The molecule has 0 aromatic heterocycles. The van der Waals surface area contributed by atoms with Crippen molar-refractivity contribution in [3.8, 4) is 0 Å². The van der Waals surface area contributed by atoms with Gasteiger partial charge in [-0.2, -0.15) is 0 Å². The van der Waals surface area contributed by atoms with E-state index in [4.69, 9.17) is 0 Å². The van der Waals surface area contributed by atoms with Crippen LogP contribution in [0.1, 0.15) is 0 Å². The van der Waals surface area contributed by atoms with Crippen molar-refractivity contribution < 1.29 is 28.6 Å². The van der Waals surface area contributed by atoms with Gasteiger partial charge in [-0.25, -0.2) is 14.4 Å². The lowest BCUT2D eigenvalue weighted by Gasteiger charge is -2.11. The second-order valence-corrected chi connectivity index (χ2v) is 3.68. The molecule has 0 aliphatic heterocycles. The molecule has 1 N–H and O–H groups in total. The lowest BCUT2D eigenvalue weighted by atomic mass is 10.3. The first-order valence-corrected chi connectivity index (χ1v) is 5.47. The van der Waals surface area contributed by atoms with Crippen LogP contribution in [-0.2, 0) is 28.6 Å². The molecule has 0 amide bonds. The molecular formula is C12H18N2O6. The van der Waals surface area contributed by atoms with E-state index in [0.717, 1.165) is 20.4 Å². The van der Waals surface area contributed by atoms with Crippen molar-refractivity contribution >= 4 is 17.9 Å². The maximum Gasteiger partial charge on any atom is 0.355 e. The minimum Gasteiger partial charge on any atom is -0.465 e. The lowest BCUT2D eigenvalue weighted by Crippen LogP contribution is -2.24. The minimum atomic E-state index is -0.890. The fourth-order valence-corrected chi connectivity index (χ4v) is 1.09. The minimum absolute atomic E-state index is 0.0304. The molecular weight excluding hydrogens is 268 g/mol. The van der Waals surface area contributed by atoms with Gasteiger partial charge in [0.15, 0.2) is 5.57 Å². The monoisotopic (exact) mass is 286 g/mol. The topological polar surface area (TPSA) is 94.2 Å². The molecule has 0 saturated carbocycles. The van der Waals surface area contributed by atoms with Crippen LogP contribution in [0.15, 0.2) is 23.7 Å². The van der Waals surface area contributed by atoms with Gasteiger partial charge >= 0.3 is 17.9 Å². The molecule has 0 rings (SSSR count). The summed E-state index contributed by atoms with van der Waals surface area (Å²) in [6, 6.07) is 0. The van der Waals surface area contributed by atoms with Gasteiger partial charge in [0.1, 0.15) is 5.70 Å². The van der Waals surface area contributed by atoms with E-state index in [1.54, 1.807) is 19.0 Å². The molecule has 8 heteroatoms. The third-order valence-electron chi connectivity index (χ3n) is 1.98. The van der Waals surface area contributed by atoms with Crippen molar-refractivity contribution in [1.82, 2.24) is 10.2 Å². The van der Waals surface area contributed by atoms with E-state index in [1.807, 2.05) is 0 Å². The Morgan fingerprint density at radius 1 is 0.900 bits per heavy atom. The van der Waals surface area contributed by atoms with Crippen LogP contribution in [-0.4, -0.2) is 58.2 Å². The maximum absolute atomic E-state index is 11.5. The largest absolute Gasteiger partial charge is 0.465 e. The van der Waals surface area contributed by atoms with Crippen LogP contribution in [0.5, 0.6) is 0 Å². The van der Waals surface area contributed by atoms with Gasteiger partial charge in [-0.3, -0.25) is 0 Å². The number of rotatable bonds is 6. The summed E-state index contributed by atoms with van der Waals surface area (Å²) in [4.78, 5) is 35.9. The number of esters is 3. The van der Waals surface area contributed by atoms with Crippen LogP contribution in [0.2, 0.25) is 0 Å². The van der Waals surface area contributed by atoms with Gasteiger partial charge in [0.2, 0.25) is 0 Å². The van der Waals surface area contributed by atoms with Crippen LogP contribution in [0, 0.1) is 0 Å². The Hall–Kier alpha value is -2.51. The van der Waals surface area contributed by atoms with E-state index in [-0.39, 0.29) is 11.3 Å². The average Bonchev–Trinajstić information content (AvgIpc) is 2.43. The number of ether oxygens (including phenoxy) is 3. The first-order valence-electron chi connectivity index (χ1n) is 5.47. The number of nitrogens with zero attached hydrogens (tertiary/aromatic N) is 1. The van der Waals surface area contributed by atoms with Crippen LogP contribution < -0.4 is 5.32 Å². The molecule has 112 valence electrons. The van der Waals surface area contributed by atoms with Gasteiger partial charge in [-0.1, -0.05) is 0 Å². The Morgan fingerprint density at radius 3 is 1.70 bits per heavy atom. The van der Waals surface area contributed by atoms with E-state index in [2.05, 4.69) is 19.5 Å². The zero-order chi connectivity index (χ0) is 15.7. The van der Waals surface area contributed by atoms with Crippen molar-refractivity contribution in [3.63, 3.8) is 0 Å². The van der Waals surface area contributed by atoms with Gasteiger partial charge in [0, 0.05) is 26.5 Å². The Kier molecular flexibility index (Phi) is 7.49. The van der Waals surface area contributed by atoms with Gasteiger partial charge in [-0.05, 0) is 0 Å². The fraction of sp³-hybridized carbons (Fsp3) is 0.417. The van der Waals surface area contributed by atoms with Crippen molar-refractivity contribution in [3.05, 3.63) is 23.7 Å². The number of hydrogen-bond donors (Lipinski definition) is 1. The normalized spacial score (nSPS) is 10.2. The quantitative estimate of drug-likeness (QED) is 0.227. The summed E-state index contributed by atoms with van der Waals surface area (Å²) in [5.74, 6) is -2.44. The zero-order valence-corrected chi connectivity index (χ0v) is 12.1. The molecule has 20 heavy (non-hydrogen) atoms. The zero-order valence-electron chi connectivity index (χ0n) is 12.1. The second kappa shape index (κ2) is 8.57. The molecule has 0 spiro atoms. The highest BCUT2D eigenvalue weighted by molar-refractivity contribution is 6.14. The fourth-order valence-electron chi connectivity index (χ4n) is 1.09. The lowest BCUT2D eigenvalue weighted by molar-refractivity contribution is -0.144. The molecule has 8 nitrogen and oxygen atoms in total. The molecule has 0 heterocycles. The molecule has 0 bridgehead atoms. The van der Waals surface area contributed by atoms with E-state index in [0.29, 0.717) is 0 Å². The molecule has 0 fully saturated rings. The van der Waals surface area contributed by atoms with Crippen LogP contribution in [0.4, 0.5) is 0 Å². The summed E-state index contributed by atoms with van der Waals surface area (Å²) in [7, 11) is 6.83. The van der Waals surface area contributed by atoms with Crippen molar-refractivity contribution in [2.45, 2.75) is 0 Å². The highest BCUT2D eigenvalue weighted by atomic mass is 16.5. The van der Waals surface area contributed by atoms with Gasteiger partial charge < -0.3 is 24.4 Å². The summed E-state index contributed by atoms with van der Waals surface area (Å²) in [6.07, 6.45) is 2.44. The summed E-state index contributed by atoms with van der Waals surface area (Å²) in [5, 5.41) is 2.51. The Labute approximate surface area is 117 Å². The third kappa shape index (κ3) is 5.42. The number of methoxy groups -OCH3 is 3. The van der Waals surface area contributed by atoms with Crippen LogP contribution in [0.25, 0.3) is 0 Å². The summed E-state index contributed by atoms with van der Waals surface area (Å²) >= 11 is 0. The first kappa shape index (κ1) is 17.5. The number of carbonyl (C=O) groups excluding carboxylic acids is 3. The molecule has 0 aliphatic rings. The molecule has 0 atom stereocenters. The Morgan fingerprint density at radius 2 is 1.35 bits per heavy atom. The average molecular weight is 286 g/mol. The van der Waals surface area contributed by atoms with Gasteiger partial charge in [0.25, 0.3) is 0 Å². The SMILES string of the molecule is COC(=O)C(=CN/C(=C/N(C)C)C(=O)OC)C(=O)OC. The summed E-state index contributed by atoms with van der Waals surface area (Å²) < 4.78 is 13.4. The third-order valence-corrected chi connectivity index (χ3v) is 1.98. The van der Waals surface area contributed by atoms with Crippen molar-refractivity contribution in [1.29, 1.82) is 0 Å². The maximum atomic E-state index is 11.5. The first-order chi connectivity index (χ1) is 9.37. The second-order valence-electron chi connectivity index (χ2n) is 3.68. The van der Waals surface area contributed by atoms with E-state index < -0.39 is 17.9 Å². The molecule has 0 aromatic rings. The van der Waals surface area contributed by atoms with Crippen LogP contribution >= 0.6 is 0 Å². The van der Waals surface area contributed by atoms with E-state index in [9.17, 15) is 14.4 Å².